The number of carbonyl (C=O) groups is 1. The number of aromatic nitrogens is 2. The average Bonchev–Trinajstić information content (AvgIpc) is 2.52. The molecule has 1 amide bonds. The minimum atomic E-state index is -4.44. The lowest BCUT2D eigenvalue weighted by Crippen LogP contribution is -2.47. The highest BCUT2D eigenvalue weighted by Gasteiger charge is 2.31. The smallest absolute Gasteiger partial charge is 0.391 e. The Kier molecular flexibility index (Phi) is 5.94. The summed E-state index contributed by atoms with van der Waals surface area (Å²) in [6.45, 7) is 2.36. The summed E-state index contributed by atoms with van der Waals surface area (Å²) in [6, 6.07) is 0. The van der Waals surface area contributed by atoms with E-state index in [0.29, 0.717) is 13.1 Å². The molecule has 0 bridgehead atoms. The van der Waals surface area contributed by atoms with Gasteiger partial charge in [-0.2, -0.15) is 13.2 Å². The molecule has 1 unspecified atom stereocenters. The van der Waals surface area contributed by atoms with Crippen molar-refractivity contribution >= 4 is 11.7 Å². The third kappa shape index (κ3) is 5.60. The van der Waals surface area contributed by atoms with Gasteiger partial charge in [0.25, 0.3) is 5.91 Å². The van der Waals surface area contributed by atoms with Crippen molar-refractivity contribution in [1.82, 2.24) is 19.8 Å². The highest BCUT2D eigenvalue weighted by molar-refractivity contribution is 5.92. The van der Waals surface area contributed by atoms with E-state index in [4.69, 9.17) is 0 Å². The van der Waals surface area contributed by atoms with Crippen LogP contribution in [0.4, 0.5) is 19.0 Å². The van der Waals surface area contributed by atoms with E-state index in [2.05, 4.69) is 20.2 Å². The zero-order valence-corrected chi connectivity index (χ0v) is 13.3. The van der Waals surface area contributed by atoms with Gasteiger partial charge in [-0.05, 0) is 7.05 Å². The van der Waals surface area contributed by atoms with Crippen molar-refractivity contribution in [3.05, 3.63) is 18.1 Å². The van der Waals surface area contributed by atoms with Crippen LogP contribution < -0.4 is 5.32 Å². The quantitative estimate of drug-likeness (QED) is 0.811. The van der Waals surface area contributed by atoms with E-state index in [9.17, 15) is 23.1 Å². The molecule has 0 aliphatic carbocycles. The van der Waals surface area contributed by atoms with Crippen molar-refractivity contribution < 1.29 is 23.1 Å². The molecule has 0 aromatic carbocycles. The molecule has 0 radical (unpaired) electrons. The van der Waals surface area contributed by atoms with Crippen LogP contribution >= 0.6 is 0 Å². The highest BCUT2D eigenvalue weighted by atomic mass is 19.4. The van der Waals surface area contributed by atoms with Gasteiger partial charge in [0.2, 0.25) is 0 Å². The maximum absolute atomic E-state index is 12.4. The van der Waals surface area contributed by atoms with Gasteiger partial charge in [0, 0.05) is 32.7 Å². The molecule has 10 heteroatoms. The molecule has 24 heavy (non-hydrogen) atoms. The van der Waals surface area contributed by atoms with Gasteiger partial charge in [-0.1, -0.05) is 0 Å². The minimum Gasteiger partial charge on any atom is -0.391 e. The summed E-state index contributed by atoms with van der Waals surface area (Å²) in [7, 11) is 1.97. The fraction of sp³-hybridized carbons (Fsp3) is 0.643. The number of nitrogens with one attached hydrogen (secondary N) is 1. The van der Waals surface area contributed by atoms with Crippen LogP contribution in [0.3, 0.4) is 0 Å². The normalized spacial score (nSPS) is 17.6. The fourth-order valence-electron chi connectivity index (χ4n) is 2.29. The molecule has 1 atom stereocenters. The summed E-state index contributed by atoms with van der Waals surface area (Å²) in [4.78, 5) is 24.1. The van der Waals surface area contributed by atoms with Gasteiger partial charge in [0.15, 0.2) is 0 Å². The Labute approximate surface area is 137 Å². The lowest BCUT2D eigenvalue weighted by molar-refractivity contribution is -0.151. The summed E-state index contributed by atoms with van der Waals surface area (Å²) in [6.07, 6.45) is -4.73. The van der Waals surface area contributed by atoms with Gasteiger partial charge >= 0.3 is 6.18 Å². The number of aliphatic hydroxyl groups excluding tert-OH is 1. The summed E-state index contributed by atoms with van der Waals surface area (Å²) in [5, 5.41) is 11.9. The summed E-state index contributed by atoms with van der Waals surface area (Å²) in [5.74, 6) is -0.119. The maximum Gasteiger partial charge on any atom is 0.391 e. The van der Waals surface area contributed by atoms with Crippen molar-refractivity contribution in [3.8, 4) is 0 Å². The van der Waals surface area contributed by atoms with Gasteiger partial charge in [0.1, 0.15) is 11.5 Å². The van der Waals surface area contributed by atoms with E-state index in [1.54, 1.807) is 4.90 Å². The number of carbonyl (C=O) groups excluding carboxylic acids is 1. The van der Waals surface area contributed by atoms with Crippen molar-refractivity contribution in [2.24, 2.45) is 0 Å². The number of hydrogen-bond acceptors (Lipinski definition) is 6. The van der Waals surface area contributed by atoms with E-state index < -0.39 is 18.7 Å². The molecule has 7 nitrogen and oxygen atoms in total. The number of likely N-dealkylation sites (N-methyl/N-ethyl adjacent to an activating group) is 1. The number of anilines is 1. The number of nitrogens with zero attached hydrogens (tertiary/aromatic N) is 4. The first kappa shape index (κ1) is 18.4. The van der Waals surface area contributed by atoms with Gasteiger partial charge in [-0.15, -0.1) is 0 Å². The molecular formula is C14H20F3N5O2. The third-order valence-corrected chi connectivity index (χ3v) is 3.63. The molecule has 2 rings (SSSR count). The van der Waals surface area contributed by atoms with Crippen LogP contribution in [0.25, 0.3) is 0 Å². The molecule has 2 N–H and O–H groups in total. The largest absolute Gasteiger partial charge is 0.391 e. The van der Waals surface area contributed by atoms with Crippen LogP contribution in [-0.4, -0.2) is 82.8 Å². The second-order valence-electron chi connectivity index (χ2n) is 5.74. The van der Waals surface area contributed by atoms with Gasteiger partial charge < -0.3 is 20.2 Å². The van der Waals surface area contributed by atoms with E-state index in [1.807, 2.05) is 7.05 Å². The molecule has 1 fully saturated rings. The summed E-state index contributed by atoms with van der Waals surface area (Å²) >= 11 is 0. The van der Waals surface area contributed by atoms with Crippen molar-refractivity contribution in [2.75, 3.05) is 45.1 Å². The second-order valence-corrected chi connectivity index (χ2v) is 5.74. The Morgan fingerprint density at radius 2 is 2.00 bits per heavy atom. The molecule has 2 heterocycles. The number of hydrogen-bond donors (Lipinski definition) is 2. The molecule has 0 spiro atoms. The van der Waals surface area contributed by atoms with Gasteiger partial charge in [-0.3, -0.25) is 9.78 Å². The van der Waals surface area contributed by atoms with E-state index in [-0.39, 0.29) is 24.0 Å². The first-order chi connectivity index (χ1) is 11.2. The molecule has 1 aliphatic heterocycles. The fourth-order valence-corrected chi connectivity index (χ4v) is 2.29. The molecular weight excluding hydrogens is 327 g/mol. The molecule has 1 aliphatic rings. The molecule has 1 aromatic rings. The number of piperazine rings is 1. The van der Waals surface area contributed by atoms with E-state index in [1.165, 1.54) is 12.4 Å². The van der Waals surface area contributed by atoms with Crippen molar-refractivity contribution in [3.63, 3.8) is 0 Å². The standard InChI is InChI=1S/C14H20F3N5O2/c1-21-2-4-22(5-3-21)13(24)11-8-18-9-12(20-11)19-7-10(23)6-14(15,16)17/h8-10,23H,2-7H2,1H3,(H,19,20). The number of amides is 1. The van der Waals surface area contributed by atoms with Crippen LogP contribution in [0.1, 0.15) is 16.9 Å². The van der Waals surface area contributed by atoms with Crippen molar-refractivity contribution in [1.29, 1.82) is 0 Å². The van der Waals surface area contributed by atoms with Crippen LogP contribution in [0, 0.1) is 0 Å². The van der Waals surface area contributed by atoms with Crippen LogP contribution in [-0.2, 0) is 0 Å². The Balaban J connectivity index is 1.92. The Morgan fingerprint density at radius 1 is 1.33 bits per heavy atom. The zero-order valence-electron chi connectivity index (χ0n) is 13.3. The summed E-state index contributed by atoms with van der Waals surface area (Å²) in [5.41, 5.74) is 0.120. The zero-order chi connectivity index (χ0) is 17.7. The Hall–Kier alpha value is -1.94. The number of alkyl halides is 3. The first-order valence-corrected chi connectivity index (χ1v) is 7.53. The minimum absolute atomic E-state index is 0.120. The topological polar surface area (TPSA) is 81.6 Å². The SMILES string of the molecule is CN1CCN(C(=O)c2cncc(NCC(O)CC(F)(F)F)n2)CC1. The van der Waals surface area contributed by atoms with E-state index in [0.717, 1.165) is 13.1 Å². The van der Waals surface area contributed by atoms with Crippen molar-refractivity contribution in [2.45, 2.75) is 18.7 Å². The van der Waals surface area contributed by atoms with Gasteiger partial charge in [0.05, 0.1) is 24.9 Å². The van der Waals surface area contributed by atoms with Crippen LogP contribution in [0.15, 0.2) is 12.4 Å². The highest BCUT2D eigenvalue weighted by Crippen LogP contribution is 2.21. The average molecular weight is 347 g/mol. The summed E-state index contributed by atoms with van der Waals surface area (Å²) < 4.78 is 36.5. The number of aliphatic hydroxyl groups is 1. The van der Waals surface area contributed by atoms with E-state index >= 15 is 0 Å². The number of halogens is 3. The maximum atomic E-state index is 12.4. The Morgan fingerprint density at radius 3 is 2.62 bits per heavy atom. The second kappa shape index (κ2) is 7.75. The lowest BCUT2D eigenvalue weighted by atomic mass is 10.2. The Bertz CT molecular complexity index is 562. The van der Waals surface area contributed by atoms with Crippen LogP contribution in [0.5, 0.6) is 0 Å². The number of rotatable bonds is 5. The molecule has 1 aromatic heterocycles. The monoisotopic (exact) mass is 347 g/mol. The predicted molar refractivity (Wildman–Crippen MR) is 80.6 cm³/mol. The van der Waals surface area contributed by atoms with Gasteiger partial charge in [-0.25, -0.2) is 4.98 Å². The lowest BCUT2D eigenvalue weighted by Gasteiger charge is -2.32. The molecule has 134 valence electrons. The predicted octanol–water partition coefficient (Wildman–Crippen LogP) is 0.589. The molecule has 1 saturated heterocycles. The van der Waals surface area contributed by atoms with Crippen LogP contribution in [0.2, 0.25) is 0 Å². The third-order valence-electron chi connectivity index (χ3n) is 3.63. The first-order valence-electron chi connectivity index (χ1n) is 7.53. The molecule has 0 saturated carbocycles.